The molecule has 12 heteroatoms. The van der Waals surface area contributed by atoms with Gasteiger partial charge in [-0.1, -0.05) is 6.42 Å². The Morgan fingerprint density at radius 1 is 1.31 bits per heavy atom. The van der Waals surface area contributed by atoms with E-state index in [9.17, 15) is 18.3 Å². The maximum absolute atomic E-state index is 13.1. The molecule has 10 nitrogen and oxygen atoms in total. The molecule has 0 aromatic rings. The smallest absolute Gasteiger partial charge is 0.451 e. The topological polar surface area (TPSA) is 148 Å². The standard InChI is InChI=1S/C14H27BN4O6S/c1-17-5-6-19(12-7-11(12)17)26(24,25)18-8-10(3-2-4-15(22)23)14(16,9-18)13(20)21/h10-12,22-23H,2-9,16H2,1H3,(H,20,21)/t10-,11+,12?,14-/m0/s1. The van der Waals surface area contributed by atoms with Crippen LogP contribution in [0.1, 0.15) is 19.3 Å². The molecule has 0 radical (unpaired) electrons. The zero-order valence-corrected chi connectivity index (χ0v) is 15.7. The van der Waals surface area contributed by atoms with Crippen LogP contribution in [0.4, 0.5) is 0 Å². The third-order valence-corrected chi connectivity index (χ3v) is 7.94. The van der Waals surface area contributed by atoms with Crippen molar-refractivity contribution in [2.45, 2.75) is 43.2 Å². The van der Waals surface area contributed by atoms with Crippen molar-refractivity contribution in [1.29, 1.82) is 0 Å². The first kappa shape index (κ1) is 20.0. The van der Waals surface area contributed by atoms with Gasteiger partial charge in [0.2, 0.25) is 0 Å². The normalized spacial score (nSPS) is 36.1. The predicted octanol–water partition coefficient (Wildman–Crippen LogP) is -2.41. The van der Waals surface area contributed by atoms with Gasteiger partial charge in [0.15, 0.2) is 0 Å². The highest BCUT2D eigenvalue weighted by Crippen LogP contribution is 2.40. The van der Waals surface area contributed by atoms with Crippen molar-refractivity contribution >= 4 is 23.3 Å². The van der Waals surface area contributed by atoms with Gasteiger partial charge in [-0.05, 0) is 26.2 Å². The fourth-order valence-electron chi connectivity index (χ4n) is 4.18. The summed E-state index contributed by atoms with van der Waals surface area (Å²) in [5, 5.41) is 27.5. The lowest BCUT2D eigenvalue weighted by Gasteiger charge is -2.33. The number of nitrogens with zero attached hydrogens (tertiary/aromatic N) is 3. The van der Waals surface area contributed by atoms with E-state index in [1.165, 1.54) is 8.61 Å². The van der Waals surface area contributed by atoms with Gasteiger partial charge in [0.25, 0.3) is 10.2 Å². The molecule has 26 heavy (non-hydrogen) atoms. The Kier molecular flexibility index (Phi) is 5.39. The molecule has 0 bridgehead atoms. The van der Waals surface area contributed by atoms with Crippen LogP contribution in [0.25, 0.3) is 0 Å². The molecule has 4 atom stereocenters. The summed E-state index contributed by atoms with van der Waals surface area (Å²) in [6.07, 6.45) is 1.58. The fraction of sp³-hybridized carbons (Fsp3) is 0.929. The summed E-state index contributed by atoms with van der Waals surface area (Å²) < 4.78 is 28.8. The Morgan fingerprint density at radius 3 is 2.62 bits per heavy atom. The molecule has 0 aromatic heterocycles. The fourth-order valence-corrected chi connectivity index (χ4v) is 6.11. The van der Waals surface area contributed by atoms with Gasteiger partial charge in [-0.25, -0.2) is 0 Å². The highest BCUT2D eigenvalue weighted by Gasteiger charge is 2.57. The van der Waals surface area contributed by atoms with Gasteiger partial charge in [0.1, 0.15) is 5.54 Å². The monoisotopic (exact) mass is 390 g/mol. The highest BCUT2D eigenvalue weighted by molar-refractivity contribution is 7.86. The van der Waals surface area contributed by atoms with Crippen molar-refractivity contribution < 1.29 is 28.4 Å². The van der Waals surface area contributed by atoms with Gasteiger partial charge in [-0.15, -0.1) is 0 Å². The number of aliphatic carboxylic acids is 1. The van der Waals surface area contributed by atoms with E-state index in [1.807, 2.05) is 7.05 Å². The van der Waals surface area contributed by atoms with E-state index >= 15 is 0 Å². The second kappa shape index (κ2) is 7.00. The Hall–Kier alpha value is -0.755. The molecule has 0 aromatic carbocycles. The average molecular weight is 390 g/mol. The molecule has 0 spiro atoms. The molecule has 3 aliphatic rings. The van der Waals surface area contributed by atoms with E-state index in [4.69, 9.17) is 15.8 Å². The SMILES string of the molecule is CN1CCN(S(=O)(=O)N2C[C@H](CCCB(O)O)[C@](N)(C(=O)O)C2)C2C[C@H]21. The summed E-state index contributed by atoms with van der Waals surface area (Å²) >= 11 is 0. The lowest BCUT2D eigenvalue weighted by atomic mass is 9.78. The summed E-state index contributed by atoms with van der Waals surface area (Å²) in [4.78, 5) is 13.9. The minimum atomic E-state index is -3.77. The molecule has 3 rings (SSSR count). The first-order chi connectivity index (χ1) is 12.1. The van der Waals surface area contributed by atoms with Gasteiger partial charge >= 0.3 is 13.1 Å². The largest absolute Gasteiger partial charge is 0.480 e. The number of fused-ring (bicyclic) bond motifs is 1. The molecule has 0 amide bonds. The second-order valence-corrected chi connectivity index (χ2v) is 9.60. The van der Waals surface area contributed by atoms with Crippen LogP contribution in [0.15, 0.2) is 0 Å². The van der Waals surface area contributed by atoms with Crippen molar-refractivity contribution in [3.05, 3.63) is 0 Å². The number of nitrogens with two attached hydrogens (primary N) is 1. The van der Waals surface area contributed by atoms with Crippen LogP contribution in [0.2, 0.25) is 6.32 Å². The summed E-state index contributed by atoms with van der Waals surface area (Å²) in [5.41, 5.74) is 4.43. The number of rotatable bonds is 7. The number of hydrogen-bond acceptors (Lipinski definition) is 7. The van der Waals surface area contributed by atoms with Crippen LogP contribution in [-0.2, 0) is 15.0 Å². The van der Waals surface area contributed by atoms with E-state index < -0.39 is 34.8 Å². The quantitative estimate of drug-likeness (QED) is 0.351. The zero-order valence-electron chi connectivity index (χ0n) is 14.9. The van der Waals surface area contributed by atoms with Crippen molar-refractivity contribution in [2.75, 3.05) is 33.2 Å². The minimum absolute atomic E-state index is 0.0381. The molecule has 2 aliphatic heterocycles. The Balaban J connectivity index is 1.73. The second-order valence-electron chi connectivity index (χ2n) is 7.72. The lowest BCUT2D eigenvalue weighted by molar-refractivity contribution is -0.144. The number of hydrogen-bond donors (Lipinski definition) is 4. The average Bonchev–Trinajstić information content (AvgIpc) is 3.26. The first-order valence-electron chi connectivity index (χ1n) is 8.93. The van der Waals surface area contributed by atoms with Crippen molar-refractivity contribution in [3.63, 3.8) is 0 Å². The summed E-state index contributed by atoms with van der Waals surface area (Å²) in [6, 6.07) is 0.199. The van der Waals surface area contributed by atoms with Gasteiger partial charge in [-0.3, -0.25) is 4.79 Å². The summed E-state index contributed by atoms with van der Waals surface area (Å²) in [7, 11) is -3.26. The van der Waals surface area contributed by atoms with Gasteiger partial charge < -0.3 is 25.8 Å². The molecular weight excluding hydrogens is 363 g/mol. The van der Waals surface area contributed by atoms with Crippen molar-refractivity contribution in [3.8, 4) is 0 Å². The molecule has 148 valence electrons. The zero-order chi connectivity index (χ0) is 19.3. The maximum atomic E-state index is 13.1. The van der Waals surface area contributed by atoms with E-state index in [1.54, 1.807) is 0 Å². The number of piperazine rings is 1. The number of carboxylic acid groups (broad SMARTS) is 1. The molecule has 1 aliphatic carbocycles. The van der Waals surface area contributed by atoms with E-state index in [-0.39, 0.29) is 31.5 Å². The molecule has 2 saturated heterocycles. The van der Waals surface area contributed by atoms with Crippen LogP contribution in [0, 0.1) is 5.92 Å². The van der Waals surface area contributed by atoms with Gasteiger partial charge in [0.05, 0.1) is 0 Å². The van der Waals surface area contributed by atoms with E-state index in [0.717, 1.165) is 6.42 Å². The van der Waals surface area contributed by atoms with E-state index in [0.29, 0.717) is 25.9 Å². The molecule has 5 N–H and O–H groups in total. The molecule has 1 unspecified atom stereocenters. The van der Waals surface area contributed by atoms with Crippen LogP contribution in [-0.4, -0.2) is 101 Å². The van der Waals surface area contributed by atoms with E-state index in [2.05, 4.69) is 4.90 Å². The van der Waals surface area contributed by atoms with Crippen LogP contribution >= 0.6 is 0 Å². The molecule has 2 heterocycles. The first-order valence-corrected chi connectivity index (χ1v) is 10.3. The highest BCUT2D eigenvalue weighted by atomic mass is 32.2. The Morgan fingerprint density at radius 2 is 2.00 bits per heavy atom. The van der Waals surface area contributed by atoms with Gasteiger partial charge in [-0.2, -0.15) is 17.0 Å². The molecular formula is C14H27BN4O6S. The maximum Gasteiger partial charge on any atom is 0.451 e. The molecule has 1 saturated carbocycles. The van der Waals surface area contributed by atoms with Crippen LogP contribution in [0.3, 0.4) is 0 Å². The Bertz CT molecular complexity index is 664. The molecule has 3 fully saturated rings. The Labute approximate surface area is 153 Å². The van der Waals surface area contributed by atoms with Crippen LogP contribution in [0.5, 0.6) is 0 Å². The summed E-state index contributed by atoms with van der Waals surface area (Å²) in [6.45, 7) is 0.818. The third-order valence-electron chi connectivity index (χ3n) is 5.96. The van der Waals surface area contributed by atoms with Crippen molar-refractivity contribution in [1.82, 2.24) is 13.5 Å². The third kappa shape index (κ3) is 3.51. The predicted molar refractivity (Wildman–Crippen MR) is 94.3 cm³/mol. The van der Waals surface area contributed by atoms with Crippen molar-refractivity contribution in [2.24, 2.45) is 11.7 Å². The number of likely N-dealkylation sites (N-methyl/N-ethyl adjacent to an activating group) is 1. The number of carboxylic acids is 1. The lowest BCUT2D eigenvalue weighted by Crippen LogP contribution is -2.56. The number of carbonyl (C=O) groups is 1. The van der Waals surface area contributed by atoms with Crippen LogP contribution < -0.4 is 5.73 Å². The summed E-state index contributed by atoms with van der Waals surface area (Å²) in [5.74, 6) is -1.80. The minimum Gasteiger partial charge on any atom is -0.480 e. The van der Waals surface area contributed by atoms with Gasteiger partial charge in [0, 0.05) is 44.2 Å².